The molecule has 1 atom stereocenters. The van der Waals surface area contributed by atoms with E-state index in [0.717, 1.165) is 11.4 Å². The Morgan fingerprint density at radius 2 is 2.00 bits per heavy atom. The van der Waals surface area contributed by atoms with E-state index >= 15 is 0 Å². The number of hydrogen-bond donors (Lipinski definition) is 1. The third-order valence-corrected chi connectivity index (χ3v) is 6.89. The summed E-state index contributed by atoms with van der Waals surface area (Å²) < 4.78 is 16.6. The number of ether oxygens (including phenoxy) is 3. The number of hydrogen-bond acceptors (Lipinski definition) is 9. The smallest absolute Gasteiger partial charge is 0.338 e. The molecule has 9 nitrogen and oxygen atoms in total. The van der Waals surface area contributed by atoms with E-state index in [4.69, 9.17) is 14.2 Å². The standard InChI is InChI=1S/C27H30N4O5S/c1-5-36-26(33)24-17(2)30-27-31(25(24)21-15-20(34-3)9-10-22(21)35-4)19(16-37-27)14-23(32)29-13-11-18-8-6-7-12-28-18/h6-10,12,15-16,25H,5,11,13-14H2,1-4H3,(H,29,32)/t25-/m1/s1. The van der Waals surface area contributed by atoms with Gasteiger partial charge < -0.3 is 24.4 Å². The molecule has 2 aliphatic rings. The molecule has 2 aliphatic heterocycles. The van der Waals surface area contributed by atoms with E-state index in [0.29, 0.717) is 46.5 Å². The predicted octanol–water partition coefficient (Wildman–Crippen LogP) is 3.99. The molecule has 0 radical (unpaired) electrons. The van der Waals surface area contributed by atoms with Gasteiger partial charge in [0.25, 0.3) is 0 Å². The molecule has 1 amide bonds. The van der Waals surface area contributed by atoms with E-state index in [1.165, 1.54) is 11.8 Å². The fourth-order valence-corrected chi connectivity index (χ4v) is 5.25. The van der Waals surface area contributed by atoms with Crippen LogP contribution in [0.1, 0.15) is 37.6 Å². The zero-order chi connectivity index (χ0) is 26.4. The molecule has 3 heterocycles. The van der Waals surface area contributed by atoms with Crippen LogP contribution in [0.25, 0.3) is 0 Å². The summed E-state index contributed by atoms with van der Waals surface area (Å²) in [6.07, 6.45) is 2.49. The van der Waals surface area contributed by atoms with Gasteiger partial charge in [0, 0.05) is 36.1 Å². The van der Waals surface area contributed by atoms with Crippen LogP contribution in [-0.2, 0) is 20.7 Å². The first-order valence-electron chi connectivity index (χ1n) is 12.0. The number of nitrogens with zero attached hydrogens (tertiary/aromatic N) is 3. The molecule has 0 bridgehead atoms. The van der Waals surface area contributed by atoms with Crippen LogP contribution in [0, 0.1) is 0 Å². The Labute approximate surface area is 220 Å². The maximum atomic E-state index is 13.2. The molecule has 194 valence electrons. The second-order valence-corrected chi connectivity index (χ2v) is 9.16. The van der Waals surface area contributed by atoms with Gasteiger partial charge in [0.15, 0.2) is 5.17 Å². The minimum absolute atomic E-state index is 0.117. The molecular weight excluding hydrogens is 492 g/mol. The third kappa shape index (κ3) is 5.80. The molecule has 4 rings (SSSR count). The SMILES string of the molecule is CCOC(=O)C1=C(C)N=C2SC=C(CC(=O)NCCc3ccccn3)N2[C@@H]1c1cc(OC)ccc1OC. The fraction of sp³-hybridized carbons (Fsp3) is 0.333. The minimum Gasteiger partial charge on any atom is -0.497 e. The normalized spacial score (nSPS) is 16.5. The van der Waals surface area contributed by atoms with E-state index in [-0.39, 0.29) is 18.9 Å². The second kappa shape index (κ2) is 12.0. The minimum atomic E-state index is -0.612. The molecule has 2 aromatic rings. The molecule has 0 spiro atoms. The number of carbonyl (C=O) groups is 2. The van der Waals surface area contributed by atoms with E-state index in [2.05, 4.69) is 15.3 Å². The lowest BCUT2D eigenvalue weighted by molar-refractivity contribution is -0.139. The van der Waals surface area contributed by atoms with Gasteiger partial charge in [-0.25, -0.2) is 9.79 Å². The number of thioether (sulfide) groups is 1. The van der Waals surface area contributed by atoms with Gasteiger partial charge in [0.1, 0.15) is 11.5 Å². The van der Waals surface area contributed by atoms with E-state index < -0.39 is 12.0 Å². The van der Waals surface area contributed by atoms with Crippen LogP contribution in [0.5, 0.6) is 11.5 Å². The largest absolute Gasteiger partial charge is 0.497 e. The molecule has 1 aromatic heterocycles. The van der Waals surface area contributed by atoms with Crippen molar-refractivity contribution in [3.05, 3.63) is 76.2 Å². The Morgan fingerprint density at radius 3 is 2.70 bits per heavy atom. The molecule has 37 heavy (non-hydrogen) atoms. The summed E-state index contributed by atoms with van der Waals surface area (Å²) in [5, 5.41) is 5.55. The van der Waals surface area contributed by atoms with Crippen LogP contribution in [0.3, 0.4) is 0 Å². The summed E-state index contributed by atoms with van der Waals surface area (Å²) in [6.45, 7) is 4.25. The van der Waals surface area contributed by atoms with Crippen molar-refractivity contribution in [3.63, 3.8) is 0 Å². The number of pyridine rings is 1. The highest BCUT2D eigenvalue weighted by atomic mass is 32.2. The highest BCUT2D eigenvalue weighted by molar-refractivity contribution is 8.16. The lowest BCUT2D eigenvalue weighted by Gasteiger charge is -2.36. The molecule has 0 saturated carbocycles. The second-order valence-electron chi connectivity index (χ2n) is 8.32. The van der Waals surface area contributed by atoms with Crippen molar-refractivity contribution in [2.45, 2.75) is 32.7 Å². The van der Waals surface area contributed by atoms with Gasteiger partial charge >= 0.3 is 5.97 Å². The Morgan fingerprint density at radius 1 is 1.16 bits per heavy atom. The summed E-state index contributed by atoms with van der Waals surface area (Å²) in [5.74, 6) is 0.598. The maximum absolute atomic E-state index is 13.2. The first kappa shape index (κ1) is 26.3. The Kier molecular flexibility index (Phi) is 8.50. The van der Waals surface area contributed by atoms with Crippen molar-refractivity contribution in [3.8, 4) is 11.5 Å². The maximum Gasteiger partial charge on any atom is 0.338 e. The highest BCUT2D eigenvalue weighted by Gasteiger charge is 2.42. The summed E-state index contributed by atoms with van der Waals surface area (Å²) in [7, 11) is 3.16. The lowest BCUT2D eigenvalue weighted by atomic mass is 9.92. The van der Waals surface area contributed by atoms with Crippen molar-refractivity contribution in [1.29, 1.82) is 0 Å². The topological polar surface area (TPSA) is 102 Å². The number of esters is 1. The third-order valence-electron chi connectivity index (χ3n) is 6.00. The number of fused-ring (bicyclic) bond motifs is 1. The monoisotopic (exact) mass is 522 g/mol. The summed E-state index contributed by atoms with van der Waals surface area (Å²) in [5.41, 5.74) is 3.29. The summed E-state index contributed by atoms with van der Waals surface area (Å²) in [4.78, 5) is 37.0. The molecule has 0 aliphatic carbocycles. The number of carbonyl (C=O) groups excluding carboxylic acids is 2. The first-order valence-corrected chi connectivity index (χ1v) is 12.8. The molecule has 0 unspecified atom stereocenters. The number of aliphatic imine (C=N–C) groups is 1. The van der Waals surface area contributed by atoms with Gasteiger partial charge in [-0.3, -0.25) is 9.78 Å². The highest BCUT2D eigenvalue weighted by Crippen LogP contribution is 2.47. The van der Waals surface area contributed by atoms with E-state index in [1.807, 2.05) is 34.6 Å². The molecule has 10 heteroatoms. The fourth-order valence-electron chi connectivity index (χ4n) is 4.29. The zero-order valence-electron chi connectivity index (χ0n) is 21.3. The Balaban J connectivity index is 1.63. The van der Waals surface area contributed by atoms with Gasteiger partial charge in [-0.05, 0) is 49.6 Å². The van der Waals surface area contributed by atoms with Crippen LogP contribution < -0.4 is 14.8 Å². The van der Waals surface area contributed by atoms with Crippen molar-refractivity contribution in [2.75, 3.05) is 27.4 Å². The van der Waals surface area contributed by atoms with Crippen LogP contribution in [0.15, 0.2) is 70.0 Å². The van der Waals surface area contributed by atoms with Crippen LogP contribution in [0.4, 0.5) is 0 Å². The van der Waals surface area contributed by atoms with Crippen molar-refractivity contribution in [1.82, 2.24) is 15.2 Å². The van der Waals surface area contributed by atoms with Gasteiger partial charge in [0.2, 0.25) is 5.91 Å². The van der Waals surface area contributed by atoms with E-state index in [1.54, 1.807) is 46.4 Å². The van der Waals surface area contributed by atoms with Gasteiger partial charge in [-0.15, -0.1) is 0 Å². The Bertz CT molecular complexity index is 1260. The lowest BCUT2D eigenvalue weighted by Crippen LogP contribution is -2.38. The molecule has 1 aromatic carbocycles. The molecule has 1 N–H and O–H groups in total. The summed E-state index contributed by atoms with van der Waals surface area (Å²) >= 11 is 1.42. The quantitative estimate of drug-likeness (QED) is 0.468. The first-order chi connectivity index (χ1) is 18.0. The van der Waals surface area contributed by atoms with Crippen molar-refractivity contribution in [2.24, 2.45) is 4.99 Å². The molecule has 0 fully saturated rings. The van der Waals surface area contributed by atoms with Crippen LogP contribution >= 0.6 is 11.8 Å². The number of amidine groups is 1. The van der Waals surface area contributed by atoms with E-state index in [9.17, 15) is 9.59 Å². The number of amides is 1. The predicted molar refractivity (Wildman–Crippen MR) is 142 cm³/mol. The van der Waals surface area contributed by atoms with Crippen molar-refractivity contribution >= 4 is 28.8 Å². The number of aromatic nitrogens is 1. The van der Waals surface area contributed by atoms with Crippen LogP contribution in [-0.4, -0.2) is 54.3 Å². The van der Waals surface area contributed by atoms with Crippen molar-refractivity contribution < 1.29 is 23.8 Å². The number of allylic oxidation sites excluding steroid dienone is 1. The van der Waals surface area contributed by atoms with Gasteiger partial charge in [0.05, 0.1) is 44.6 Å². The Hall–Kier alpha value is -3.79. The average molecular weight is 523 g/mol. The number of methoxy groups -OCH3 is 2. The number of benzene rings is 1. The zero-order valence-corrected chi connectivity index (χ0v) is 22.1. The number of nitrogens with one attached hydrogen (secondary N) is 1. The van der Waals surface area contributed by atoms with Gasteiger partial charge in [-0.1, -0.05) is 17.8 Å². The summed E-state index contributed by atoms with van der Waals surface area (Å²) in [6, 6.07) is 10.5. The molecular formula is C27H30N4O5S. The molecule has 0 saturated heterocycles. The number of rotatable bonds is 10. The van der Waals surface area contributed by atoms with Crippen LogP contribution in [0.2, 0.25) is 0 Å². The van der Waals surface area contributed by atoms with Gasteiger partial charge in [-0.2, -0.15) is 0 Å². The average Bonchev–Trinajstić information content (AvgIpc) is 3.29.